The highest BCUT2D eigenvalue weighted by Gasteiger charge is 2.64. The molecule has 0 aromatic carbocycles. The first-order valence-corrected chi connectivity index (χ1v) is 6.03. The van der Waals surface area contributed by atoms with Crippen LogP contribution in [0.1, 0.15) is 31.2 Å². The number of hydrogen-bond donors (Lipinski definition) is 1. The Morgan fingerprint density at radius 3 is 2.54 bits per heavy atom. The largest absolute Gasteiger partial charge is 0.385 e. The zero-order valence-electron chi connectivity index (χ0n) is 7.57. The second kappa shape index (κ2) is 2.58. The maximum atomic E-state index is 10.5. The summed E-state index contributed by atoms with van der Waals surface area (Å²) >= 11 is 1.69. The van der Waals surface area contributed by atoms with Crippen LogP contribution in [0, 0.1) is 11.8 Å². The van der Waals surface area contributed by atoms with Crippen LogP contribution in [0.5, 0.6) is 0 Å². The highest BCUT2D eigenvalue weighted by Crippen LogP contribution is 2.64. The Kier molecular flexibility index (Phi) is 1.59. The maximum Gasteiger partial charge on any atom is 0.0968 e. The molecule has 0 spiro atoms. The zero-order chi connectivity index (χ0) is 8.89. The number of hydrogen-bond acceptors (Lipinski definition) is 2. The molecule has 2 aliphatic rings. The van der Waals surface area contributed by atoms with Gasteiger partial charge in [0.05, 0.1) is 5.60 Å². The summed E-state index contributed by atoms with van der Waals surface area (Å²) < 4.78 is 0. The first-order chi connectivity index (χ1) is 6.33. The predicted octanol–water partition coefficient (Wildman–Crippen LogP) is 2.76. The lowest BCUT2D eigenvalue weighted by molar-refractivity contribution is 0.118. The Morgan fingerprint density at radius 2 is 2.00 bits per heavy atom. The van der Waals surface area contributed by atoms with Gasteiger partial charge in [0, 0.05) is 0 Å². The highest BCUT2D eigenvalue weighted by atomic mass is 32.1. The number of thiophene rings is 1. The van der Waals surface area contributed by atoms with Crippen molar-refractivity contribution in [2.45, 2.75) is 31.3 Å². The molecule has 0 radical (unpaired) electrons. The molecular formula is C11H14OS. The number of aliphatic hydroxyl groups is 1. The number of rotatable bonds is 1. The molecule has 1 nitrogen and oxygen atoms in total. The summed E-state index contributed by atoms with van der Waals surface area (Å²) in [4.78, 5) is 0. The van der Waals surface area contributed by atoms with Crippen LogP contribution in [-0.4, -0.2) is 5.11 Å². The fraction of sp³-hybridized carbons (Fsp3) is 0.636. The van der Waals surface area contributed by atoms with Crippen molar-refractivity contribution in [2.75, 3.05) is 0 Å². The van der Waals surface area contributed by atoms with Gasteiger partial charge in [-0.15, -0.1) is 0 Å². The molecular weight excluding hydrogens is 180 g/mol. The molecule has 1 aromatic heterocycles. The van der Waals surface area contributed by atoms with Gasteiger partial charge in [-0.05, 0) is 47.1 Å². The van der Waals surface area contributed by atoms with E-state index in [1.54, 1.807) is 11.3 Å². The summed E-state index contributed by atoms with van der Waals surface area (Å²) in [7, 11) is 0. The second-order valence-corrected chi connectivity index (χ2v) is 5.11. The van der Waals surface area contributed by atoms with Crippen molar-refractivity contribution in [1.29, 1.82) is 0 Å². The van der Waals surface area contributed by atoms with E-state index in [1.165, 1.54) is 31.2 Å². The Balaban J connectivity index is 1.92. The topological polar surface area (TPSA) is 20.2 Å². The van der Waals surface area contributed by atoms with Crippen molar-refractivity contribution in [3.05, 3.63) is 22.4 Å². The average molecular weight is 194 g/mol. The minimum atomic E-state index is -0.420. The van der Waals surface area contributed by atoms with Crippen molar-refractivity contribution >= 4 is 11.3 Å². The van der Waals surface area contributed by atoms with Gasteiger partial charge in [0.2, 0.25) is 0 Å². The molecule has 2 unspecified atom stereocenters. The molecule has 3 rings (SSSR count). The quantitative estimate of drug-likeness (QED) is 0.729. The van der Waals surface area contributed by atoms with Gasteiger partial charge in [-0.25, -0.2) is 0 Å². The average Bonchev–Trinajstić information content (AvgIpc) is 2.62. The van der Waals surface area contributed by atoms with E-state index in [0.29, 0.717) is 11.8 Å². The van der Waals surface area contributed by atoms with Crippen molar-refractivity contribution < 1.29 is 5.11 Å². The molecule has 0 saturated heterocycles. The zero-order valence-corrected chi connectivity index (χ0v) is 8.39. The highest BCUT2D eigenvalue weighted by molar-refractivity contribution is 7.08. The van der Waals surface area contributed by atoms with Gasteiger partial charge >= 0.3 is 0 Å². The number of fused-ring (bicyclic) bond motifs is 1. The Hall–Kier alpha value is -0.340. The molecule has 13 heavy (non-hydrogen) atoms. The third kappa shape index (κ3) is 0.960. The van der Waals surface area contributed by atoms with Gasteiger partial charge in [0.15, 0.2) is 0 Å². The fourth-order valence-corrected chi connectivity index (χ4v) is 3.73. The summed E-state index contributed by atoms with van der Waals surface area (Å²) in [5.41, 5.74) is 0.755. The standard InChI is InChI=1S/C11H14OS/c12-11(8-5-6-13-7-8)9-3-1-2-4-10(9)11/h5-7,9-10,12H,1-4H2. The monoisotopic (exact) mass is 194 g/mol. The molecule has 0 aliphatic heterocycles. The van der Waals surface area contributed by atoms with Gasteiger partial charge < -0.3 is 5.11 Å². The maximum absolute atomic E-state index is 10.5. The van der Waals surface area contributed by atoms with E-state index in [-0.39, 0.29) is 0 Å². The smallest absolute Gasteiger partial charge is 0.0968 e. The van der Waals surface area contributed by atoms with Crippen LogP contribution in [0.4, 0.5) is 0 Å². The lowest BCUT2D eigenvalue weighted by Gasteiger charge is -2.06. The molecule has 70 valence electrons. The van der Waals surface area contributed by atoms with Crippen LogP contribution in [0.25, 0.3) is 0 Å². The van der Waals surface area contributed by atoms with Crippen molar-refractivity contribution in [2.24, 2.45) is 11.8 Å². The van der Waals surface area contributed by atoms with Crippen LogP contribution in [0.3, 0.4) is 0 Å². The second-order valence-electron chi connectivity index (χ2n) is 4.33. The SMILES string of the molecule is OC1(c2ccsc2)C2CCCCC21. The van der Waals surface area contributed by atoms with Crippen LogP contribution >= 0.6 is 11.3 Å². The van der Waals surface area contributed by atoms with E-state index in [2.05, 4.69) is 16.8 Å². The molecule has 1 N–H and O–H groups in total. The lowest BCUT2D eigenvalue weighted by Crippen LogP contribution is -2.08. The van der Waals surface area contributed by atoms with E-state index in [4.69, 9.17) is 0 Å². The first kappa shape index (κ1) is 8.01. The summed E-state index contributed by atoms with van der Waals surface area (Å²) in [6.45, 7) is 0. The third-order valence-electron chi connectivity index (χ3n) is 3.77. The van der Waals surface area contributed by atoms with Crippen LogP contribution in [-0.2, 0) is 5.60 Å². The summed E-state index contributed by atoms with van der Waals surface area (Å²) in [5.74, 6) is 1.16. The van der Waals surface area contributed by atoms with E-state index in [0.717, 1.165) is 0 Å². The van der Waals surface area contributed by atoms with Crippen LogP contribution < -0.4 is 0 Å². The molecule has 2 heteroatoms. The van der Waals surface area contributed by atoms with Crippen molar-refractivity contribution in [1.82, 2.24) is 0 Å². The molecule has 2 saturated carbocycles. The van der Waals surface area contributed by atoms with Gasteiger partial charge in [0.25, 0.3) is 0 Å². The summed E-state index contributed by atoms with van der Waals surface area (Å²) in [5, 5.41) is 14.6. The van der Waals surface area contributed by atoms with E-state index < -0.39 is 5.60 Å². The lowest BCUT2D eigenvalue weighted by atomic mass is 10.0. The molecule has 1 aromatic rings. The minimum Gasteiger partial charge on any atom is -0.385 e. The van der Waals surface area contributed by atoms with Crippen LogP contribution in [0.2, 0.25) is 0 Å². The van der Waals surface area contributed by atoms with E-state index in [9.17, 15) is 5.11 Å². The minimum absolute atomic E-state index is 0.420. The van der Waals surface area contributed by atoms with Gasteiger partial charge in [-0.2, -0.15) is 11.3 Å². The summed E-state index contributed by atoms with van der Waals surface area (Å²) in [6.07, 6.45) is 5.09. The van der Waals surface area contributed by atoms with Crippen LogP contribution in [0.15, 0.2) is 16.8 Å². The fourth-order valence-electron chi connectivity index (χ4n) is 3.01. The first-order valence-electron chi connectivity index (χ1n) is 5.08. The van der Waals surface area contributed by atoms with E-state index in [1.807, 2.05) is 0 Å². The third-order valence-corrected chi connectivity index (χ3v) is 4.45. The molecule has 0 amide bonds. The molecule has 0 bridgehead atoms. The van der Waals surface area contributed by atoms with Gasteiger partial charge in [0.1, 0.15) is 0 Å². The van der Waals surface area contributed by atoms with Crippen molar-refractivity contribution in [3.8, 4) is 0 Å². The molecule has 2 fully saturated rings. The Morgan fingerprint density at radius 1 is 1.31 bits per heavy atom. The summed E-state index contributed by atoms with van der Waals surface area (Å²) in [6, 6.07) is 2.09. The predicted molar refractivity (Wildman–Crippen MR) is 53.7 cm³/mol. The van der Waals surface area contributed by atoms with Gasteiger partial charge in [-0.3, -0.25) is 0 Å². The Bertz CT molecular complexity index is 292. The van der Waals surface area contributed by atoms with Crippen molar-refractivity contribution in [3.63, 3.8) is 0 Å². The Labute approximate surface area is 82.4 Å². The molecule has 2 aliphatic carbocycles. The normalized spacial score (nSPS) is 42.8. The molecule has 1 heterocycles. The molecule has 2 atom stereocenters. The van der Waals surface area contributed by atoms with Gasteiger partial charge in [-0.1, -0.05) is 12.8 Å². The van der Waals surface area contributed by atoms with E-state index >= 15 is 0 Å².